The second-order valence-corrected chi connectivity index (χ2v) is 6.34. The number of carbonyl (C=O) groups is 2. The number of aromatic nitrogens is 1. The molecule has 6 nitrogen and oxygen atoms in total. The summed E-state index contributed by atoms with van der Waals surface area (Å²) < 4.78 is 39.1. The van der Waals surface area contributed by atoms with Crippen LogP contribution < -0.4 is 16.0 Å². The van der Waals surface area contributed by atoms with E-state index in [-0.39, 0.29) is 28.6 Å². The summed E-state index contributed by atoms with van der Waals surface area (Å²) in [5, 5.41) is 2.67. The maximum Gasteiger partial charge on any atom is 0.416 e. The molecule has 0 radical (unpaired) electrons. The first-order valence-corrected chi connectivity index (χ1v) is 8.30. The number of amides is 2. The quantitative estimate of drug-likeness (QED) is 0.834. The molecule has 2 aromatic rings. The topological polar surface area (TPSA) is 88.3 Å². The molecule has 0 saturated heterocycles. The zero-order valence-electron chi connectivity index (χ0n) is 15.0. The van der Waals surface area contributed by atoms with Gasteiger partial charge in [-0.1, -0.05) is 12.1 Å². The molecule has 9 heteroatoms. The monoisotopic (exact) mass is 390 g/mol. The van der Waals surface area contributed by atoms with Crippen LogP contribution in [0.25, 0.3) is 0 Å². The summed E-state index contributed by atoms with van der Waals surface area (Å²) in [4.78, 5) is 30.1. The molecule has 1 aliphatic rings. The zero-order valence-corrected chi connectivity index (χ0v) is 15.0. The number of hydrogen-bond donors (Lipinski definition) is 2. The average Bonchev–Trinajstić information content (AvgIpc) is 2.61. The smallest absolute Gasteiger partial charge is 0.384 e. The van der Waals surface area contributed by atoms with Crippen LogP contribution in [0.15, 0.2) is 53.9 Å². The zero-order chi connectivity index (χ0) is 20.6. The summed E-state index contributed by atoms with van der Waals surface area (Å²) >= 11 is 0. The summed E-state index contributed by atoms with van der Waals surface area (Å²) in [7, 11) is 0. The lowest BCUT2D eigenvalue weighted by Gasteiger charge is -2.35. The number of nitrogens with two attached hydrogens (primary N) is 1. The van der Waals surface area contributed by atoms with Gasteiger partial charge in [-0.25, -0.2) is 9.78 Å². The van der Waals surface area contributed by atoms with Crippen LogP contribution in [0.4, 0.5) is 29.5 Å². The first kappa shape index (κ1) is 19.4. The third-order valence-electron chi connectivity index (χ3n) is 4.44. The van der Waals surface area contributed by atoms with Crippen LogP contribution >= 0.6 is 0 Å². The third kappa shape index (κ3) is 3.55. The molecule has 28 heavy (non-hydrogen) atoms. The van der Waals surface area contributed by atoms with Crippen LogP contribution in [0.2, 0.25) is 0 Å². The fourth-order valence-corrected chi connectivity index (χ4v) is 3.17. The number of anilines is 2. The minimum Gasteiger partial charge on any atom is -0.384 e. The fourth-order valence-electron chi connectivity index (χ4n) is 3.17. The number of pyridine rings is 1. The van der Waals surface area contributed by atoms with Crippen molar-refractivity contribution in [3.63, 3.8) is 0 Å². The van der Waals surface area contributed by atoms with Gasteiger partial charge in [-0.05, 0) is 43.7 Å². The summed E-state index contributed by atoms with van der Waals surface area (Å²) in [5.41, 5.74) is 5.74. The van der Waals surface area contributed by atoms with Crippen molar-refractivity contribution in [2.75, 3.05) is 10.6 Å². The molecule has 3 N–H and O–H groups in total. The molecular weight excluding hydrogens is 373 g/mol. The van der Waals surface area contributed by atoms with Crippen molar-refractivity contribution in [3.8, 4) is 0 Å². The number of benzene rings is 1. The molecule has 1 aromatic carbocycles. The van der Waals surface area contributed by atoms with E-state index in [0.29, 0.717) is 5.56 Å². The Morgan fingerprint density at radius 1 is 1.25 bits per heavy atom. The SMILES string of the molecule is CC(=O)C1=C(C)N(c2cccc(C(F)(F)F)c2)C(=O)NC1c1ccc(N)nc1. The van der Waals surface area contributed by atoms with Gasteiger partial charge in [0.25, 0.3) is 0 Å². The van der Waals surface area contributed by atoms with Gasteiger partial charge >= 0.3 is 12.2 Å². The molecule has 0 spiro atoms. The number of allylic oxidation sites excluding steroid dienone is 1. The number of nitrogens with zero attached hydrogens (tertiary/aromatic N) is 2. The van der Waals surface area contributed by atoms with Crippen molar-refractivity contribution in [2.24, 2.45) is 0 Å². The first-order chi connectivity index (χ1) is 13.1. The molecule has 0 fully saturated rings. The van der Waals surface area contributed by atoms with Crippen LogP contribution in [0.3, 0.4) is 0 Å². The van der Waals surface area contributed by atoms with Gasteiger partial charge in [-0.3, -0.25) is 9.69 Å². The Kier molecular flexibility index (Phi) is 4.84. The van der Waals surface area contributed by atoms with Gasteiger partial charge < -0.3 is 11.1 Å². The number of ketones is 1. The molecule has 0 bridgehead atoms. The van der Waals surface area contributed by atoms with Gasteiger partial charge in [0.15, 0.2) is 5.78 Å². The lowest BCUT2D eigenvalue weighted by Crippen LogP contribution is -2.47. The van der Waals surface area contributed by atoms with Crippen molar-refractivity contribution >= 4 is 23.3 Å². The summed E-state index contributed by atoms with van der Waals surface area (Å²) in [6, 6.07) is 6.11. The van der Waals surface area contributed by atoms with Gasteiger partial charge in [0.1, 0.15) is 5.82 Å². The lowest BCUT2D eigenvalue weighted by atomic mass is 9.93. The highest BCUT2D eigenvalue weighted by Gasteiger charge is 2.36. The maximum absolute atomic E-state index is 13.0. The second-order valence-electron chi connectivity index (χ2n) is 6.34. The van der Waals surface area contributed by atoms with E-state index in [1.54, 1.807) is 6.07 Å². The Labute approximate surface area is 158 Å². The highest BCUT2D eigenvalue weighted by atomic mass is 19.4. The van der Waals surface area contributed by atoms with E-state index in [0.717, 1.165) is 17.0 Å². The van der Waals surface area contributed by atoms with Crippen LogP contribution in [-0.4, -0.2) is 16.8 Å². The number of carbonyl (C=O) groups excluding carboxylic acids is 2. The molecule has 1 unspecified atom stereocenters. The minimum atomic E-state index is -4.55. The molecular formula is C19H17F3N4O2. The standard InChI is InChI=1S/C19H17F3N4O2/c1-10-16(11(2)27)17(12-6-7-15(23)24-9-12)25-18(28)26(10)14-5-3-4-13(8-14)19(20,21)22/h3-9,17H,1-2H3,(H2,23,24)(H,25,28). The minimum absolute atomic E-state index is 0.0115. The number of alkyl halides is 3. The number of Topliss-reactive ketones (excluding diaryl/α,β-unsaturated/α-hetero) is 1. The van der Waals surface area contributed by atoms with Gasteiger partial charge in [0.05, 0.1) is 17.3 Å². The first-order valence-electron chi connectivity index (χ1n) is 8.30. The van der Waals surface area contributed by atoms with Crippen LogP contribution in [0.1, 0.15) is 31.0 Å². The molecule has 2 amide bonds. The van der Waals surface area contributed by atoms with Gasteiger partial charge in [-0.2, -0.15) is 13.2 Å². The molecule has 1 atom stereocenters. The predicted octanol–water partition coefficient (Wildman–Crippen LogP) is 3.82. The van der Waals surface area contributed by atoms with E-state index in [9.17, 15) is 22.8 Å². The van der Waals surface area contributed by atoms with Crippen molar-refractivity contribution < 1.29 is 22.8 Å². The van der Waals surface area contributed by atoms with Gasteiger partial charge in [0, 0.05) is 17.5 Å². The van der Waals surface area contributed by atoms with Crippen LogP contribution in [0, 0.1) is 0 Å². The Bertz CT molecular complexity index is 968. The van der Waals surface area contributed by atoms with E-state index in [1.807, 2.05) is 0 Å². The third-order valence-corrected chi connectivity index (χ3v) is 4.44. The van der Waals surface area contributed by atoms with Crippen molar-refractivity contribution in [1.82, 2.24) is 10.3 Å². The van der Waals surface area contributed by atoms with Gasteiger partial charge in [-0.15, -0.1) is 0 Å². The Morgan fingerprint density at radius 2 is 1.96 bits per heavy atom. The number of halogens is 3. The van der Waals surface area contributed by atoms with Crippen LogP contribution in [0.5, 0.6) is 0 Å². The number of rotatable bonds is 3. The number of hydrogen-bond acceptors (Lipinski definition) is 4. The lowest BCUT2D eigenvalue weighted by molar-refractivity contribution is -0.137. The molecule has 1 aromatic heterocycles. The van der Waals surface area contributed by atoms with E-state index in [2.05, 4.69) is 10.3 Å². The van der Waals surface area contributed by atoms with Crippen molar-refractivity contribution in [3.05, 3.63) is 65.0 Å². The summed E-state index contributed by atoms with van der Waals surface area (Å²) in [6.45, 7) is 2.85. The molecule has 1 aliphatic heterocycles. The predicted molar refractivity (Wildman–Crippen MR) is 97.2 cm³/mol. The number of urea groups is 1. The Hall–Kier alpha value is -3.36. The molecule has 0 aliphatic carbocycles. The van der Waals surface area contributed by atoms with Crippen molar-refractivity contribution in [2.45, 2.75) is 26.1 Å². The van der Waals surface area contributed by atoms with Crippen LogP contribution in [-0.2, 0) is 11.0 Å². The highest BCUT2D eigenvalue weighted by Crippen LogP contribution is 2.36. The van der Waals surface area contributed by atoms with Gasteiger partial charge in [0.2, 0.25) is 0 Å². The molecule has 2 heterocycles. The van der Waals surface area contributed by atoms with E-state index in [4.69, 9.17) is 5.73 Å². The molecule has 0 saturated carbocycles. The molecule has 146 valence electrons. The van der Waals surface area contributed by atoms with E-state index in [1.165, 1.54) is 38.2 Å². The number of nitrogen functional groups attached to an aromatic ring is 1. The van der Waals surface area contributed by atoms with E-state index < -0.39 is 23.8 Å². The Morgan fingerprint density at radius 3 is 2.54 bits per heavy atom. The number of nitrogens with one attached hydrogen (secondary N) is 1. The molecule has 3 rings (SSSR count). The van der Waals surface area contributed by atoms with E-state index >= 15 is 0 Å². The average molecular weight is 390 g/mol. The summed E-state index contributed by atoms with van der Waals surface area (Å²) in [5.74, 6) is -0.0437. The highest BCUT2D eigenvalue weighted by molar-refractivity contribution is 6.04. The summed E-state index contributed by atoms with van der Waals surface area (Å²) in [6.07, 6.45) is -3.11. The van der Waals surface area contributed by atoms with Crippen molar-refractivity contribution in [1.29, 1.82) is 0 Å². The normalized spacial score (nSPS) is 17.5. The second kappa shape index (κ2) is 6.99. The maximum atomic E-state index is 13.0. The largest absolute Gasteiger partial charge is 0.416 e. The fraction of sp³-hybridized carbons (Fsp3) is 0.211. The Balaban J connectivity index is 2.11.